The third-order valence-corrected chi connectivity index (χ3v) is 17.8. The van der Waals surface area contributed by atoms with Gasteiger partial charge in [0.2, 0.25) is 11.4 Å². The monoisotopic (exact) mass is 1100 g/mol. The van der Waals surface area contributed by atoms with Gasteiger partial charge in [-0.15, -0.1) is 0 Å². The number of nitrogens with zero attached hydrogens (tertiary/aromatic N) is 1. The van der Waals surface area contributed by atoms with Crippen LogP contribution in [0.15, 0.2) is 65.8 Å². The maximum absolute atomic E-state index is 10.6. The molecule has 456 valence electrons. The summed E-state index contributed by atoms with van der Waals surface area (Å²) in [6, 6.07) is 15.3. The van der Waals surface area contributed by atoms with E-state index in [4.69, 9.17) is 0 Å². The van der Waals surface area contributed by atoms with Gasteiger partial charge >= 0.3 is 0 Å². The highest BCUT2D eigenvalue weighted by atomic mass is 15.3. The average molecular weight is 1100 g/mol. The van der Waals surface area contributed by atoms with E-state index >= 15 is 0 Å². The van der Waals surface area contributed by atoms with Crippen LogP contribution in [0.1, 0.15) is 390 Å². The molecule has 3 rings (SSSR count). The van der Waals surface area contributed by atoms with Crippen molar-refractivity contribution >= 4 is 11.4 Å². The summed E-state index contributed by atoms with van der Waals surface area (Å²) in [5.41, 5.74) is 13.4. The molecule has 1 N–H and O–H groups in total. The Labute approximate surface area is 500 Å². The zero-order valence-corrected chi connectivity index (χ0v) is 54.6. The van der Waals surface area contributed by atoms with Gasteiger partial charge in [-0.2, -0.15) is 0 Å². The number of hydrogen-bond donors (Lipinski definition) is 0. The van der Waals surface area contributed by atoms with E-state index in [0.717, 1.165) is 49.9 Å². The summed E-state index contributed by atoms with van der Waals surface area (Å²) in [5.74, 6) is 10.6. The normalized spacial score (nSPS) is 13.4. The summed E-state index contributed by atoms with van der Waals surface area (Å²) >= 11 is 0. The number of hydrogen-bond acceptors (Lipinski definition) is 0. The molecule has 2 aromatic rings. The molecule has 0 amide bonds. The van der Waals surface area contributed by atoms with Crippen LogP contribution in [-0.2, 0) is 25.7 Å². The lowest BCUT2D eigenvalue weighted by atomic mass is 9.90. The maximum atomic E-state index is 10.6. The van der Waals surface area contributed by atoms with Crippen molar-refractivity contribution in [1.29, 1.82) is 0 Å². The molecule has 2 nitrogen and oxygen atoms in total. The van der Waals surface area contributed by atoms with Gasteiger partial charge in [-0.3, -0.25) is 0 Å². The minimum absolute atomic E-state index is 1.07. The number of rotatable bonds is 56. The first-order chi connectivity index (χ1) is 39.5. The van der Waals surface area contributed by atoms with Gasteiger partial charge in [-0.1, -0.05) is 335 Å². The Morgan fingerprint density at radius 2 is 0.562 bits per heavy atom. The van der Waals surface area contributed by atoms with Crippen molar-refractivity contribution in [2.45, 2.75) is 382 Å². The molecule has 0 unspecified atom stereocenters. The summed E-state index contributed by atoms with van der Waals surface area (Å²) in [7, 11) is 0. The van der Waals surface area contributed by atoms with Crippen molar-refractivity contribution in [3.63, 3.8) is 0 Å². The highest BCUT2D eigenvalue weighted by Gasteiger charge is 2.35. The molecule has 80 heavy (non-hydrogen) atoms. The molecule has 0 saturated carbocycles. The molecule has 0 bridgehead atoms. The molecule has 0 atom stereocenters. The molecule has 0 aliphatic carbocycles. The lowest BCUT2D eigenvalue weighted by molar-refractivity contribution is -0.347. The Bertz CT molecular complexity index is 1840. The zero-order chi connectivity index (χ0) is 57.2. The molecule has 1 aliphatic heterocycles. The Morgan fingerprint density at radius 1 is 0.300 bits per heavy atom. The van der Waals surface area contributed by atoms with Gasteiger partial charge in [0.15, 0.2) is 0 Å². The lowest BCUT2D eigenvalue weighted by Crippen LogP contribution is -2.13. The van der Waals surface area contributed by atoms with Crippen LogP contribution in [0.4, 0.5) is 0 Å². The first kappa shape index (κ1) is 71.4. The van der Waals surface area contributed by atoms with Gasteiger partial charge in [0.05, 0.1) is 11.1 Å². The van der Waals surface area contributed by atoms with Crippen LogP contribution < -0.4 is 0 Å². The predicted molar refractivity (Wildman–Crippen MR) is 361 cm³/mol. The van der Waals surface area contributed by atoms with Crippen molar-refractivity contribution in [3.8, 4) is 0 Å². The summed E-state index contributed by atoms with van der Waals surface area (Å²) in [4.78, 5) is 0. The molecule has 0 saturated heterocycles. The van der Waals surface area contributed by atoms with Crippen LogP contribution in [0.2, 0.25) is 0 Å². The second-order valence-electron chi connectivity index (χ2n) is 25.6. The Hall–Kier alpha value is -2.87. The first-order valence-electron chi connectivity index (χ1n) is 36.3. The minimum atomic E-state index is 1.07. The second-order valence-corrected chi connectivity index (χ2v) is 25.6. The average Bonchev–Trinajstić information content (AvgIpc) is 3.98. The first-order valence-corrected chi connectivity index (χ1v) is 36.3. The standard InChI is InChI=1S/C78H134N2/c1-7-13-19-25-31-32-33-34-35-36-37-38-39-40-41-42-43-44-50-56-62-76-75(61-55-49-30-24-18-12-6)77(73-65-69(57-51-45-26-20-14-8-2)63-70(66-73)58-52-46-27-21-15-9-3)80(79)78(76)74-67-71(59-53-47-28-22-16-10-4)64-72(68-74)60-54-48-29-23-17-11-5/h56,61-68,79H,7-55,57-60H2,1-6H3. The van der Waals surface area contributed by atoms with Gasteiger partial charge < -0.3 is 5.84 Å². The third-order valence-electron chi connectivity index (χ3n) is 17.8. The van der Waals surface area contributed by atoms with Gasteiger partial charge in [0.1, 0.15) is 0 Å². The summed E-state index contributed by atoms with van der Waals surface area (Å²) in [5, 5.41) is 0. The Balaban J connectivity index is 1.98. The second kappa shape index (κ2) is 50.6. The highest BCUT2D eigenvalue weighted by Crippen LogP contribution is 2.38. The molecule has 0 fully saturated rings. The molecule has 1 aliphatic rings. The van der Waals surface area contributed by atoms with Crippen molar-refractivity contribution in [2.75, 3.05) is 0 Å². The molecule has 2 heteroatoms. The third kappa shape index (κ3) is 33.4. The Morgan fingerprint density at radius 3 is 0.875 bits per heavy atom. The number of unbranched alkanes of at least 4 members (excludes halogenated alkanes) is 43. The fourth-order valence-corrected chi connectivity index (χ4v) is 12.7. The molecular weight excluding hydrogens is 965 g/mol. The fraction of sp³-hybridized carbons (Fsp3) is 0.756. The van der Waals surface area contributed by atoms with Crippen LogP contribution in [0.5, 0.6) is 0 Å². The summed E-state index contributed by atoms with van der Waals surface area (Å²) in [6.07, 6.45) is 78.1. The van der Waals surface area contributed by atoms with Crippen LogP contribution in [-0.4, -0.2) is 10.4 Å². The van der Waals surface area contributed by atoms with E-state index < -0.39 is 0 Å². The van der Waals surface area contributed by atoms with E-state index in [1.165, 1.54) is 346 Å². The number of aryl methyl sites for hydroxylation is 4. The largest absolute Gasteiger partial charge is 0.448 e. The van der Waals surface area contributed by atoms with E-state index in [1.807, 2.05) is 4.68 Å². The van der Waals surface area contributed by atoms with E-state index in [1.54, 1.807) is 0 Å². The molecule has 0 aromatic heterocycles. The number of benzene rings is 2. The van der Waals surface area contributed by atoms with Gasteiger partial charge in [-0.25, -0.2) is 4.68 Å². The van der Waals surface area contributed by atoms with Crippen LogP contribution in [0.25, 0.3) is 11.5 Å². The van der Waals surface area contributed by atoms with Crippen molar-refractivity contribution < 1.29 is 4.68 Å². The Kier molecular flexibility index (Phi) is 45.2. The number of allylic oxidation sites excluding steroid dienone is 5. The van der Waals surface area contributed by atoms with Gasteiger partial charge in [-0.05, 0) is 124 Å². The fourth-order valence-electron chi connectivity index (χ4n) is 12.7. The van der Waals surface area contributed by atoms with Gasteiger partial charge in [0.25, 0.3) is 0 Å². The van der Waals surface area contributed by atoms with E-state index in [9.17, 15) is 5.84 Å². The predicted octanol–water partition coefficient (Wildman–Crippen LogP) is 26.8. The van der Waals surface area contributed by atoms with Crippen molar-refractivity contribution in [3.05, 3.63) is 105 Å². The van der Waals surface area contributed by atoms with Crippen LogP contribution >= 0.6 is 0 Å². The SMILES string of the molecule is CCCCCCCC=C1C(C=CCCCCCCCCCCCCCCCCCCCC)=C(c2cc(CCCCCCCC)cc(CCCCCCCC)c2)[N+]([NH-])=C1c1cc(CCCCCCCC)cc(CCCCCCCC)c1. The quantitative estimate of drug-likeness (QED) is 0.0466. The van der Waals surface area contributed by atoms with Gasteiger partial charge in [0, 0.05) is 11.1 Å². The van der Waals surface area contributed by atoms with E-state index in [0.29, 0.717) is 0 Å². The summed E-state index contributed by atoms with van der Waals surface area (Å²) < 4.78 is 1.95. The summed E-state index contributed by atoms with van der Waals surface area (Å²) in [6.45, 7) is 14.0. The van der Waals surface area contributed by atoms with Crippen LogP contribution in [0, 0.1) is 0 Å². The smallest absolute Gasteiger partial charge is 0.216 e. The molecular formula is C78H134N2. The van der Waals surface area contributed by atoms with Crippen molar-refractivity contribution in [2.24, 2.45) is 0 Å². The molecule has 0 spiro atoms. The topological polar surface area (TPSA) is 26.8 Å². The molecule has 2 aromatic carbocycles. The molecule has 1 heterocycles. The lowest BCUT2D eigenvalue weighted by Gasteiger charge is -2.14. The van der Waals surface area contributed by atoms with Crippen molar-refractivity contribution in [1.82, 2.24) is 0 Å². The molecule has 0 radical (unpaired) electrons. The van der Waals surface area contributed by atoms with E-state index in [-0.39, 0.29) is 0 Å². The number of nitrogens with one attached hydrogen (secondary N) is 1. The highest BCUT2D eigenvalue weighted by molar-refractivity contribution is 6.17. The van der Waals surface area contributed by atoms with E-state index in [2.05, 4.69) is 96.2 Å². The zero-order valence-electron chi connectivity index (χ0n) is 54.6. The van der Waals surface area contributed by atoms with Crippen LogP contribution in [0.3, 0.4) is 0 Å². The minimum Gasteiger partial charge on any atom is -0.448 e. The maximum Gasteiger partial charge on any atom is 0.216 e.